The van der Waals surface area contributed by atoms with Crippen LogP contribution in [0.2, 0.25) is 20.1 Å². The van der Waals surface area contributed by atoms with Crippen LogP contribution in [-0.4, -0.2) is 5.11 Å². The first-order valence-corrected chi connectivity index (χ1v) is 10.8. The Morgan fingerprint density at radius 3 is 2.36 bits per heavy atom. The largest absolute Gasteiger partial charge is 0.352 e. The number of hydrogen-bond acceptors (Lipinski definition) is 1. The van der Waals surface area contributed by atoms with Gasteiger partial charge in [-0.1, -0.05) is 58.5 Å². The van der Waals surface area contributed by atoms with Crippen LogP contribution in [0, 0.1) is 0 Å². The minimum atomic E-state index is -0.0853. The van der Waals surface area contributed by atoms with Gasteiger partial charge in [0.25, 0.3) is 0 Å². The molecule has 4 rings (SSSR count). The number of allylic oxidation sites excluding steroid dienone is 1. The average molecular weight is 470 g/mol. The van der Waals surface area contributed by atoms with Crippen LogP contribution in [0.4, 0.5) is 0 Å². The fourth-order valence-corrected chi connectivity index (χ4v) is 4.89. The summed E-state index contributed by atoms with van der Waals surface area (Å²) in [5, 5.41) is 9.76. The van der Waals surface area contributed by atoms with Crippen LogP contribution in [0.25, 0.3) is 6.08 Å². The second-order valence-electron chi connectivity index (χ2n) is 6.79. The third-order valence-corrected chi connectivity index (χ3v) is 6.31. The van der Waals surface area contributed by atoms with Gasteiger partial charge < -0.3 is 10.6 Å². The van der Waals surface area contributed by atoms with Gasteiger partial charge in [0.1, 0.15) is 0 Å². The molecule has 1 heterocycles. The predicted molar refractivity (Wildman–Crippen MR) is 123 cm³/mol. The van der Waals surface area contributed by atoms with Crippen LogP contribution in [0.15, 0.2) is 53.2 Å². The summed E-state index contributed by atoms with van der Waals surface area (Å²) >= 11 is 30.5. The van der Waals surface area contributed by atoms with Gasteiger partial charge in [0.2, 0.25) is 0 Å². The first-order valence-electron chi connectivity index (χ1n) is 8.84. The van der Waals surface area contributed by atoms with Gasteiger partial charge in [0, 0.05) is 25.8 Å². The van der Waals surface area contributed by atoms with Crippen molar-refractivity contribution >= 4 is 69.8 Å². The van der Waals surface area contributed by atoms with Crippen molar-refractivity contribution in [3.63, 3.8) is 0 Å². The van der Waals surface area contributed by atoms with Gasteiger partial charge in [-0.15, -0.1) is 0 Å². The summed E-state index contributed by atoms with van der Waals surface area (Å²) in [7, 11) is 0. The lowest BCUT2D eigenvalue weighted by Gasteiger charge is -2.36. The van der Waals surface area contributed by atoms with E-state index in [1.165, 1.54) is 11.1 Å². The Hall–Kier alpha value is -1.23. The molecule has 2 aromatic carbocycles. The van der Waals surface area contributed by atoms with Gasteiger partial charge in [-0.2, -0.15) is 0 Å². The monoisotopic (exact) mass is 468 g/mol. The predicted octanol–water partition coefficient (Wildman–Crippen LogP) is 7.34. The van der Waals surface area contributed by atoms with Gasteiger partial charge in [-0.25, -0.2) is 0 Å². The molecule has 28 heavy (non-hydrogen) atoms. The maximum atomic E-state index is 6.49. The molecule has 0 fully saturated rings. The molecule has 2 N–H and O–H groups in total. The summed E-state index contributed by atoms with van der Waals surface area (Å²) in [4.78, 5) is 0. The van der Waals surface area contributed by atoms with E-state index >= 15 is 0 Å². The second kappa shape index (κ2) is 8.25. The highest BCUT2D eigenvalue weighted by Gasteiger charge is 2.31. The molecule has 2 aromatic rings. The molecular weight excluding hydrogens is 454 g/mol. The summed E-state index contributed by atoms with van der Waals surface area (Å²) in [6, 6.07) is 11.0. The molecule has 0 amide bonds. The topological polar surface area (TPSA) is 24.1 Å². The molecule has 1 atom stereocenters. The summed E-state index contributed by atoms with van der Waals surface area (Å²) in [5.74, 6) is 0. The van der Waals surface area contributed by atoms with Crippen molar-refractivity contribution in [3.8, 4) is 0 Å². The smallest absolute Gasteiger partial charge is 0.171 e. The molecular formula is C21H16Cl4N2S. The van der Waals surface area contributed by atoms with Crippen LogP contribution in [0.1, 0.15) is 36.4 Å². The zero-order chi connectivity index (χ0) is 19.8. The van der Waals surface area contributed by atoms with Crippen LogP contribution < -0.4 is 10.6 Å². The van der Waals surface area contributed by atoms with E-state index in [9.17, 15) is 0 Å². The lowest BCUT2D eigenvalue weighted by Crippen LogP contribution is -2.45. The third kappa shape index (κ3) is 4.05. The molecule has 0 saturated heterocycles. The van der Waals surface area contributed by atoms with E-state index in [4.69, 9.17) is 58.6 Å². The van der Waals surface area contributed by atoms with Crippen molar-refractivity contribution in [1.82, 2.24) is 10.6 Å². The Labute approximate surface area is 189 Å². The Kier molecular flexibility index (Phi) is 5.91. The Morgan fingerprint density at radius 2 is 1.64 bits per heavy atom. The number of rotatable bonds is 2. The molecule has 7 heteroatoms. The molecule has 0 unspecified atom stereocenters. The van der Waals surface area contributed by atoms with Gasteiger partial charge >= 0.3 is 0 Å². The quantitative estimate of drug-likeness (QED) is 0.449. The fraction of sp³-hybridized carbons (Fsp3) is 0.190. The van der Waals surface area contributed by atoms with Crippen molar-refractivity contribution in [1.29, 1.82) is 0 Å². The average Bonchev–Trinajstić information content (AvgIpc) is 2.64. The molecule has 2 nitrogen and oxygen atoms in total. The zero-order valence-corrected chi connectivity index (χ0v) is 18.5. The number of halogens is 4. The first kappa shape index (κ1) is 20.1. The van der Waals surface area contributed by atoms with E-state index in [0.717, 1.165) is 36.1 Å². The number of nitrogens with one attached hydrogen (secondary N) is 2. The van der Waals surface area contributed by atoms with E-state index in [1.54, 1.807) is 12.1 Å². The summed E-state index contributed by atoms with van der Waals surface area (Å²) in [6.45, 7) is 0. The van der Waals surface area contributed by atoms with E-state index in [0.29, 0.717) is 25.2 Å². The van der Waals surface area contributed by atoms with Crippen LogP contribution in [0.5, 0.6) is 0 Å². The SMILES string of the molecule is S=C1NC2=C(CCC/C2=C\c2ccc(Cl)cc2Cl)[C@@H](c2ccc(Cl)cc2Cl)N1. The number of hydrogen-bond donors (Lipinski definition) is 2. The van der Waals surface area contributed by atoms with Crippen molar-refractivity contribution in [2.45, 2.75) is 25.3 Å². The van der Waals surface area contributed by atoms with Crippen molar-refractivity contribution in [3.05, 3.63) is 84.5 Å². The summed E-state index contributed by atoms with van der Waals surface area (Å²) in [6.07, 6.45) is 5.03. The van der Waals surface area contributed by atoms with Crippen molar-refractivity contribution in [2.75, 3.05) is 0 Å². The van der Waals surface area contributed by atoms with E-state index in [2.05, 4.69) is 16.7 Å². The molecule has 1 aliphatic heterocycles. The third-order valence-electron chi connectivity index (χ3n) is 4.96. The Balaban J connectivity index is 1.80. The van der Waals surface area contributed by atoms with Gasteiger partial charge in [-0.3, -0.25) is 0 Å². The van der Waals surface area contributed by atoms with Gasteiger partial charge in [-0.05, 0) is 84.1 Å². The van der Waals surface area contributed by atoms with Gasteiger partial charge in [0.05, 0.1) is 6.04 Å². The molecule has 0 bridgehead atoms. The molecule has 0 radical (unpaired) electrons. The first-order chi connectivity index (χ1) is 13.4. The molecule has 144 valence electrons. The molecule has 0 aromatic heterocycles. The van der Waals surface area contributed by atoms with E-state index in [-0.39, 0.29) is 6.04 Å². The van der Waals surface area contributed by atoms with E-state index < -0.39 is 0 Å². The zero-order valence-electron chi connectivity index (χ0n) is 14.7. The van der Waals surface area contributed by atoms with Crippen molar-refractivity contribution in [2.24, 2.45) is 0 Å². The molecule has 2 aliphatic rings. The second-order valence-corrected chi connectivity index (χ2v) is 8.88. The minimum Gasteiger partial charge on any atom is -0.352 e. The lowest BCUT2D eigenvalue weighted by molar-refractivity contribution is 0.609. The maximum Gasteiger partial charge on any atom is 0.171 e. The van der Waals surface area contributed by atoms with Crippen LogP contribution >= 0.6 is 58.6 Å². The highest BCUT2D eigenvalue weighted by molar-refractivity contribution is 7.80. The number of benzene rings is 2. The molecule has 1 aliphatic carbocycles. The van der Waals surface area contributed by atoms with Crippen LogP contribution in [-0.2, 0) is 0 Å². The molecule has 0 saturated carbocycles. The Bertz CT molecular complexity index is 1030. The molecule has 0 spiro atoms. The van der Waals surface area contributed by atoms with E-state index in [1.807, 2.05) is 24.3 Å². The standard InChI is InChI=1S/C21H16Cl4N2S/c22-13-5-4-11(17(24)9-13)8-12-2-1-3-16-19(12)26-21(28)27-20(16)15-7-6-14(23)10-18(15)25/h4-10,20H,1-3H2,(H2,26,27,28)/b12-8+/t20-/m1/s1. The van der Waals surface area contributed by atoms with Crippen LogP contribution in [0.3, 0.4) is 0 Å². The van der Waals surface area contributed by atoms with Crippen molar-refractivity contribution < 1.29 is 0 Å². The highest BCUT2D eigenvalue weighted by atomic mass is 35.5. The number of thiocarbonyl (C=S) groups is 1. The maximum absolute atomic E-state index is 6.49. The summed E-state index contributed by atoms with van der Waals surface area (Å²) in [5.41, 5.74) is 5.36. The van der Waals surface area contributed by atoms with Gasteiger partial charge in [0.15, 0.2) is 5.11 Å². The normalized spacial score (nSPS) is 20.6. The highest BCUT2D eigenvalue weighted by Crippen LogP contribution is 2.41. The Morgan fingerprint density at radius 1 is 0.929 bits per heavy atom. The fourth-order valence-electron chi connectivity index (χ4n) is 3.69. The summed E-state index contributed by atoms with van der Waals surface area (Å²) < 4.78 is 0. The lowest BCUT2D eigenvalue weighted by atomic mass is 9.83. The minimum absolute atomic E-state index is 0.0853.